The van der Waals surface area contributed by atoms with Gasteiger partial charge in [0.15, 0.2) is 0 Å². The molecule has 0 aliphatic rings. The molecule has 0 radical (unpaired) electrons. The summed E-state index contributed by atoms with van der Waals surface area (Å²) in [7, 11) is 0. The smallest absolute Gasteiger partial charge is 0.242 e. The Labute approximate surface area is 104 Å². The van der Waals surface area contributed by atoms with Crippen molar-refractivity contribution in [2.75, 3.05) is 13.1 Å². The molecule has 0 bridgehead atoms. The second-order valence-corrected chi connectivity index (χ2v) is 5.11. The third-order valence-corrected chi connectivity index (χ3v) is 2.13. The Kier molecular flexibility index (Phi) is 6.80. The molecule has 3 N–H and O–H groups in total. The van der Waals surface area contributed by atoms with Crippen LogP contribution in [0.3, 0.4) is 0 Å². The number of carbonyl (C=O) groups excluding carboxylic acids is 2. The first-order valence-electron chi connectivity index (χ1n) is 6.08. The molecule has 0 saturated heterocycles. The number of nitrogens with one attached hydrogen (secondary N) is 3. The van der Waals surface area contributed by atoms with Crippen LogP contribution in [0.1, 0.15) is 41.0 Å². The van der Waals surface area contributed by atoms with E-state index in [0.29, 0.717) is 19.5 Å². The third kappa shape index (κ3) is 8.68. The van der Waals surface area contributed by atoms with Crippen LogP contribution < -0.4 is 16.0 Å². The molecule has 0 aromatic heterocycles. The van der Waals surface area contributed by atoms with Crippen LogP contribution in [-0.2, 0) is 9.59 Å². The summed E-state index contributed by atoms with van der Waals surface area (Å²) in [6, 6.07) is -0.475. The molecule has 0 heterocycles. The second kappa shape index (κ2) is 7.27. The van der Waals surface area contributed by atoms with E-state index in [4.69, 9.17) is 0 Å². The minimum Gasteiger partial charge on any atom is -0.355 e. The average Bonchev–Trinajstić information content (AvgIpc) is 2.15. The van der Waals surface area contributed by atoms with E-state index in [1.54, 1.807) is 6.92 Å². The zero-order valence-electron chi connectivity index (χ0n) is 11.5. The van der Waals surface area contributed by atoms with E-state index in [9.17, 15) is 9.59 Å². The summed E-state index contributed by atoms with van der Waals surface area (Å²) in [5, 5.41) is 8.54. The number of likely N-dealkylation sites (N-methyl/N-ethyl adjacent to an activating group) is 1. The monoisotopic (exact) mass is 243 g/mol. The van der Waals surface area contributed by atoms with Crippen molar-refractivity contribution in [3.8, 4) is 0 Å². The van der Waals surface area contributed by atoms with E-state index in [2.05, 4.69) is 16.0 Å². The van der Waals surface area contributed by atoms with Crippen LogP contribution in [0.5, 0.6) is 0 Å². The molecule has 100 valence electrons. The SMILES string of the molecule is CCNC(=O)C(C)NC(=O)CCNC(C)(C)C. The minimum absolute atomic E-state index is 0.00544. The lowest BCUT2D eigenvalue weighted by molar-refractivity contribution is -0.128. The lowest BCUT2D eigenvalue weighted by Crippen LogP contribution is -2.46. The quantitative estimate of drug-likeness (QED) is 0.632. The van der Waals surface area contributed by atoms with Gasteiger partial charge >= 0.3 is 0 Å². The van der Waals surface area contributed by atoms with E-state index in [0.717, 1.165) is 0 Å². The van der Waals surface area contributed by atoms with Gasteiger partial charge < -0.3 is 16.0 Å². The van der Waals surface area contributed by atoms with Crippen LogP contribution in [0.2, 0.25) is 0 Å². The lowest BCUT2D eigenvalue weighted by atomic mass is 10.1. The van der Waals surface area contributed by atoms with E-state index >= 15 is 0 Å². The van der Waals surface area contributed by atoms with Crippen LogP contribution in [0, 0.1) is 0 Å². The van der Waals surface area contributed by atoms with Crippen molar-refractivity contribution >= 4 is 11.8 Å². The topological polar surface area (TPSA) is 70.2 Å². The zero-order chi connectivity index (χ0) is 13.5. The largest absolute Gasteiger partial charge is 0.355 e. The lowest BCUT2D eigenvalue weighted by Gasteiger charge is -2.20. The summed E-state index contributed by atoms with van der Waals surface area (Å²) in [5.74, 6) is -0.259. The van der Waals surface area contributed by atoms with Crippen molar-refractivity contribution in [2.45, 2.75) is 52.6 Å². The average molecular weight is 243 g/mol. The molecular formula is C12H25N3O2. The van der Waals surface area contributed by atoms with Gasteiger partial charge in [0.1, 0.15) is 6.04 Å². The molecule has 2 amide bonds. The maximum absolute atomic E-state index is 11.5. The maximum Gasteiger partial charge on any atom is 0.242 e. The van der Waals surface area contributed by atoms with Crippen LogP contribution in [0.25, 0.3) is 0 Å². The standard InChI is InChI=1S/C12H25N3O2/c1-6-13-11(17)9(2)15-10(16)7-8-14-12(3,4)5/h9,14H,6-8H2,1-5H3,(H,13,17)(H,15,16). The van der Waals surface area contributed by atoms with Gasteiger partial charge in [-0.2, -0.15) is 0 Å². The van der Waals surface area contributed by atoms with Gasteiger partial charge in [0.05, 0.1) is 0 Å². The van der Waals surface area contributed by atoms with Crippen LogP contribution >= 0.6 is 0 Å². The van der Waals surface area contributed by atoms with Gasteiger partial charge in [-0.05, 0) is 34.6 Å². The fourth-order valence-electron chi connectivity index (χ4n) is 1.26. The minimum atomic E-state index is -0.475. The first kappa shape index (κ1) is 15.9. The Balaban J connectivity index is 3.82. The predicted molar refractivity (Wildman–Crippen MR) is 68.7 cm³/mol. The van der Waals surface area contributed by atoms with E-state index in [1.807, 2.05) is 27.7 Å². The van der Waals surface area contributed by atoms with Crippen LogP contribution in [0.15, 0.2) is 0 Å². The van der Waals surface area contributed by atoms with Gasteiger partial charge in [0.2, 0.25) is 11.8 Å². The number of hydrogen-bond acceptors (Lipinski definition) is 3. The molecule has 0 spiro atoms. The molecule has 1 unspecified atom stereocenters. The van der Waals surface area contributed by atoms with Crippen LogP contribution in [-0.4, -0.2) is 36.5 Å². The van der Waals surface area contributed by atoms with E-state index in [-0.39, 0.29) is 17.4 Å². The zero-order valence-corrected chi connectivity index (χ0v) is 11.5. The molecule has 1 atom stereocenters. The molecule has 0 saturated carbocycles. The highest BCUT2D eigenvalue weighted by Crippen LogP contribution is 1.97. The van der Waals surface area contributed by atoms with Gasteiger partial charge in [-0.15, -0.1) is 0 Å². The molecule has 5 heteroatoms. The Morgan fingerprint density at radius 3 is 2.29 bits per heavy atom. The highest BCUT2D eigenvalue weighted by Gasteiger charge is 2.15. The second-order valence-electron chi connectivity index (χ2n) is 5.11. The van der Waals surface area contributed by atoms with Crippen molar-refractivity contribution < 1.29 is 9.59 Å². The first-order chi connectivity index (χ1) is 7.76. The molecular weight excluding hydrogens is 218 g/mol. The molecule has 5 nitrogen and oxygen atoms in total. The predicted octanol–water partition coefficient (Wildman–Crippen LogP) is 0.405. The molecule has 0 aliphatic carbocycles. The van der Waals surface area contributed by atoms with E-state index in [1.165, 1.54) is 0 Å². The van der Waals surface area contributed by atoms with Crippen molar-refractivity contribution in [1.29, 1.82) is 0 Å². The molecule has 17 heavy (non-hydrogen) atoms. The Hall–Kier alpha value is -1.10. The van der Waals surface area contributed by atoms with Crippen molar-refractivity contribution in [3.05, 3.63) is 0 Å². The molecule has 0 fully saturated rings. The molecule has 0 aliphatic heterocycles. The van der Waals surface area contributed by atoms with Gasteiger partial charge in [0.25, 0.3) is 0 Å². The number of rotatable bonds is 6. The molecule has 0 aromatic carbocycles. The summed E-state index contributed by atoms with van der Waals surface area (Å²) in [6.07, 6.45) is 0.376. The Morgan fingerprint density at radius 1 is 1.24 bits per heavy atom. The fourth-order valence-corrected chi connectivity index (χ4v) is 1.26. The Bertz CT molecular complexity index is 259. The van der Waals surface area contributed by atoms with Crippen molar-refractivity contribution in [3.63, 3.8) is 0 Å². The number of carbonyl (C=O) groups is 2. The number of hydrogen-bond donors (Lipinski definition) is 3. The van der Waals surface area contributed by atoms with Crippen molar-refractivity contribution in [1.82, 2.24) is 16.0 Å². The maximum atomic E-state index is 11.5. The normalized spacial score (nSPS) is 13.0. The third-order valence-electron chi connectivity index (χ3n) is 2.13. The van der Waals surface area contributed by atoms with E-state index < -0.39 is 6.04 Å². The van der Waals surface area contributed by atoms with Crippen LogP contribution in [0.4, 0.5) is 0 Å². The Morgan fingerprint density at radius 2 is 1.82 bits per heavy atom. The van der Waals surface area contributed by atoms with Gasteiger partial charge in [0, 0.05) is 25.0 Å². The highest BCUT2D eigenvalue weighted by molar-refractivity contribution is 5.87. The van der Waals surface area contributed by atoms with Crippen molar-refractivity contribution in [2.24, 2.45) is 0 Å². The summed E-state index contributed by atoms with van der Waals surface area (Å²) < 4.78 is 0. The fraction of sp³-hybridized carbons (Fsp3) is 0.833. The summed E-state index contributed by atoms with van der Waals surface area (Å²) in [5.41, 5.74) is 0.00544. The van der Waals surface area contributed by atoms with Gasteiger partial charge in [-0.1, -0.05) is 0 Å². The number of amides is 2. The van der Waals surface area contributed by atoms with Gasteiger partial charge in [-0.25, -0.2) is 0 Å². The summed E-state index contributed by atoms with van der Waals surface area (Å²) >= 11 is 0. The highest BCUT2D eigenvalue weighted by atomic mass is 16.2. The molecule has 0 rings (SSSR count). The summed E-state index contributed by atoms with van der Waals surface area (Å²) in [4.78, 5) is 22.9. The van der Waals surface area contributed by atoms with Gasteiger partial charge in [-0.3, -0.25) is 9.59 Å². The molecule has 0 aromatic rings. The first-order valence-corrected chi connectivity index (χ1v) is 6.08. The summed E-state index contributed by atoms with van der Waals surface area (Å²) in [6.45, 7) is 10.8.